The number of rotatable bonds is 3. The Morgan fingerprint density at radius 1 is 1.30 bits per heavy atom. The third-order valence-corrected chi connectivity index (χ3v) is 6.31. The molecule has 0 radical (unpaired) electrons. The number of amides is 1. The van der Waals surface area contributed by atoms with Crippen molar-refractivity contribution in [2.75, 3.05) is 18.4 Å². The molecule has 0 atom stereocenters. The van der Waals surface area contributed by atoms with Gasteiger partial charge in [0.05, 0.1) is 22.3 Å². The van der Waals surface area contributed by atoms with Crippen LogP contribution in [0, 0.1) is 12.3 Å². The molecule has 0 saturated carbocycles. The Morgan fingerprint density at radius 2 is 2.04 bits per heavy atom. The van der Waals surface area contributed by atoms with E-state index in [4.69, 9.17) is 0 Å². The maximum Gasteiger partial charge on any atom is 0.279 e. The van der Waals surface area contributed by atoms with Crippen molar-refractivity contribution in [2.45, 2.75) is 52.5 Å². The van der Waals surface area contributed by atoms with Crippen molar-refractivity contribution in [2.24, 2.45) is 5.41 Å². The summed E-state index contributed by atoms with van der Waals surface area (Å²) in [6, 6.07) is 0.271. The van der Waals surface area contributed by atoms with Crippen molar-refractivity contribution in [3.05, 3.63) is 22.0 Å². The maximum atomic E-state index is 12.7. The molecule has 2 aliphatic rings. The summed E-state index contributed by atoms with van der Waals surface area (Å²) in [5.74, 6) is -0.224. The Hall–Kier alpha value is -2.13. The highest BCUT2D eigenvalue weighted by atomic mass is 32.1. The van der Waals surface area contributed by atoms with Crippen molar-refractivity contribution >= 4 is 28.2 Å². The minimum atomic E-state index is -0.328. The standard InChI is InChI=1S/C18H24N6O2S/c1-10-14(22-23-24(10)11-4-6-19-7-5-11)16(26)21-17-20-12-8-18(2,3)9-13(25)15(12)27-17/h11,19H,4-9H2,1-3H3,(H,20,21,26). The van der Waals surface area contributed by atoms with E-state index < -0.39 is 0 Å². The second kappa shape index (κ2) is 6.79. The van der Waals surface area contributed by atoms with Crippen LogP contribution >= 0.6 is 11.3 Å². The van der Waals surface area contributed by atoms with Crippen LogP contribution in [0.2, 0.25) is 0 Å². The lowest BCUT2D eigenvalue weighted by atomic mass is 9.78. The van der Waals surface area contributed by atoms with Gasteiger partial charge in [0.25, 0.3) is 5.91 Å². The maximum absolute atomic E-state index is 12.7. The first-order chi connectivity index (χ1) is 12.8. The molecular weight excluding hydrogens is 364 g/mol. The number of nitrogens with one attached hydrogen (secondary N) is 2. The zero-order valence-electron chi connectivity index (χ0n) is 15.8. The molecule has 0 aromatic carbocycles. The number of Topliss-reactive ketones (excluding diaryl/α,β-unsaturated/α-hetero) is 1. The summed E-state index contributed by atoms with van der Waals surface area (Å²) in [6.07, 6.45) is 3.20. The van der Waals surface area contributed by atoms with Gasteiger partial charge < -0.3 is 5.32 Å². The summed E-state index contributed by atoms with van der Waals surface area (Å²) in [7, 11) is 0. The number of fused-ring (bicyclic) bond motifs is 1. The number of anilines is 1. The van der Waals surface area contributed by atoms with Crippen molar-refractivity contribution in [1.29, 1.82) is 0 Å². The topological polar surface area (TPSA) is 102 Å². The van der Waals surface area contributed by atoms with E-state index in [0.29, 0.717) is 22.1 Å². The second-order valence-corrected chi connectivity index (χ2v) is 9.14. The van der Waals surface area contributed by atoms with Gasteiger partial charge in [-0.1, -0.05) is 30.4 Å². The number of thiazole rings is 1. The van der Waals surface area contributed by atoms with Gasteiger partial charge in [0.2, 0.25) is 0 Å². The van der Waals surface area contributed by atoms with E-state index in [9.17, 15) is 9.59 Å². The number of carbonyl (C=O) groups is 2. The van der Waals surface area contributed by atoms with Crippen LogP contribution in [0.15, 0.2) is 0 Å². The molecule has 2 aromatic heterocycles. The van der Waals surface area contributed by atoms with E-state index in [1.807, 2.05) is 11.6 Å². The number of carbonyl (C=O) groups excluding carboxylic acids is 2. The van der Waals surface area contributed by atoms with Gasteiger partial charge in [-0.3, -0.25) is 14.9 Å². The molecule has 2 N–H and O–H groups in total. The molecule has 9 heteroatoms. The van der Waals surface area contributed by atoms with Crippen LogP contribution in [0.5, 0.6) is 0 Å². The second-order valence-electron chi connectivity index (χ2n) is 8.14. The van der Waals surface area contributed by atoms with Gasteiger partial charge in [-0.05, 0) is 44.7 Å². The molecule has 3 heterocycles. The SMILES string of the molecule is Cc1c(C(=O)Nc2nc3c(s2)C(=O)CC(C)(C)C3)nnn1C1CCNCC1. The molecule has 1 fully saturated rings. The number of hydrogen-bond acceptors (Lipinski definition) is 7. The van der Waals surface area contributed by atoms with Crippen molar-refractivity contribution < 1.29 is 9.59 Å². The summed E-state index contributed by atoms with van der Waals surface area (Å²) >= 11 is 1.25. The zero-order valence-corrected chi connectivity index (χ0v) is 16.7. The first-order valence-corrected chi connectivity index (χ1v) is 10.1. The Balaban J connectivity index is 1.52. The van der Waals surface area contributed by atoms with E-state index in [0.717, 1.165) is 43.7 Å². The van der Waals surface area contributed by atoms with Crippen LogP contribution in [0.1, 0.15) is 70.7 Å². The molecule has 1 amide bonds. The molecule has 4 rings (SSSR count). The first-order valence-electron chi connectivity index (χ1n) is 9.31. The summed E-state index contributed by atoms with van der Waals surface area (Å²) in [4.78, 5) is 30.2. The minimum Gasteiger partial charge on any atom is -0.317 e. The fourth-order valence-electron chi connectivity index (χ4n) is 3.88. The molecule has 2 aromatic rings. The van der Waals surface area contributed by atoms with Crippen LogP contribution in [0.25, 0.3) is 0 Å². The number of aromatic nitrogens is 4. The smallest absolute Gasteiger partial charge is 0.279 e. The molecule has 144 valence electrons. The van der Waals surface area contributed by atoms with Crippen LogP contribution in [-0.4, -0.2) is 44.8 Å². The monoisotopic (exact) mass is 388 g/mol. The Morgan fingerprint density at radius 3 is 2.78 bits per heavy atom. The fourth-order valence-corrected chi connectivity index (χ4v) is 4.79. The third-order valence-electron chi connectivity index (χ3n) is 5.25. The van der Waals surface area contributed by atoms with Crippen molar-refractivity contribution in [3.8, 4) is 0 Å². The van der Waals surface area contributed by atoms with Crippen molar-refractivity contribution in [1.82, 2.24) is 25.3 Å². The average molecular weight is 388 g/mol. The van der Waals surface area contributed by atoms with Gasteiger partial charge >= 0.3 is 0 Å². The normalized spacial score (nSPS) is 19.7. The first kappa shape index (κ1) is 18.2. The Labute approximate surface area is 161 Å². The molecule has 27 heavy (non-hydrogen) atoms. The van der Waals surface area contributed by atoms with Crippen LogP contribution in [0.4, 0.5) is 5.13 Å². The lowest BCUT2D eigenvalue weighted by molar-refractivity contribution is 0.0915. The highest BCUT2D eigenvalue weighted by molar-refractivity contribution is 7.17. The predicted octanol–water partition coefficient (Wildman–Crippen LogP) is 2.37. The summed E-state index contributed by atoms with van der Waals surface area (Å²) in [6.45, 7) is 7.89. The zero-order chi connectivity index (χ0) is 19.2. The molecule has 0 bridgehead atoms. The number of piperidine rings is 1. The van der Waals surface area contributed by atoms with Gasteiger partial charge in [0.1, 0.15) is 0 Å². The third kappa shape index (κ3) is 3.53. The molecule has 0 unspecified atom stereocenters. The molecule has 8 nitrogen and oxygen atoms in total. The molecule has 1 saturated heterocycles. The number of hydrogen-bond donors (Lipinski definition) is 2. The highest BCUT2D eigenvalue weighted by Gasteiger charge is 2.34. The summed E-state index contributed by atoms with van der Waals surface area (Å²) in [5.41, 5.74) is 1.77. The van der Waals surface area contributed by atoms with Gasteiger partial charge in [0, 0.05) is 6.42 Å². The van der Waals surface area contributed by atoms with Gasteiger partial charge in [-0.25, -0.2) is 9.67 Å². The minimum absolute atomic E-state index is 0.0897. The van der Waals surface area contributed by atoms with Gasteiger partial charge in [-0.15, -0.1) is 5.10 Å². The molecule has 1 aliphatic heterocycles. The van der Waals surface area contributed by atoms with Crippen LogP contribution in [0.3, 0.4) is 0 Å². The highest BCUT2D eigenvalue weighted by Crippen LogP contribution is 2.38. The lowest BCUT2D eigenvalue weighted by Crippen LogP contribution is -2.30. The van der Waals surface area contributed by atoms with E-state index >= 15 is 0 Å². The lowest BCUT2D eigenvalue weighted by Gasteiger charge is -2.26. The van der Waals surface area contributed by atoms with E-state index in [1.165, 1.54) is 11.3 Å². The summed E-state index contributed by atoms with van der Waals surface area (Å²) < 4.78 is 1.86. The Kier molecular flexibility index (Phi) is 4.59. The molecule has 0 spiro atoms. The number of nitrogens with zero attached hydrogens (tertiary/aromatic N) is 4. The molecular formula is C18H24N6O2S. The van der Waals surface area contributed by atoms with Gasteiger partial charge in [0.15, 0.2) is 16.6 Å². The Bertz CT molecular complexity index is 894. The van der Waals surface area contributed by atoms with Gasteiger partial charge in [-0.2, -0.15) is 0 Å². The van der Waals surface area contributed by atoms with Crippen LogP contribution in [-0.2, 0) is 6.42 Å². The van der Waals surface area contributed by atoms with E-state index in [2.05, 4.69) is 39.8 Å². The average Bonchev–Trinajstić information content (AvgIpc) is 3.18. The quantitative estimate of drug-likeness (QED) is 0.837. The predicted molar refractivity (Wildman–Crippen MR) is 102 cm³/mol. The fraction of sp³-hybridized carbons (Fsp3) is 0.611. The largest absolute Gasteiger partial charge is 0.317 e. The van der Waals surface area contributed by atoms with E-state index in [1.54, 1.807) is 0 Å². The van der Waals surface area contributed by atoms with Crippen LogP contribution < -0.4 is 10.6 Å². The number of ketones is 1. The van der Waals surface area contributed by atoms with Crippen molar-refractivity contribution in [3.63, 3.8) is 0 Å². The van der Waals surface area contributed by atoms with E-state index in [-0.39, 0.29) is 23.1 Å². The summed E-state index contributed by atoms with van der Waals surface area (Å²) in [5, 5.41) is 14.9. The molecule has 1 aliphatic carbocycles.